The molecule has 1 aliphatic carbocycles. The zero-order valence-electron chi connectivity index (χ0n) is 7.59. The number of alkyl halides is 1. The van der Waals surface area contributed by atoms with Crippen LogP contribution in [0, 0.1) is 23.2 Å². The smallest absolute Gasteiger partial charge is 0.0659 e. The first-order chi connectivity index (χ1) is 5.77. The molecule has 0 aromatic carbocycles. The number of rotatable bonds is 2. The molecule has 0 spiro atoms. The summed E-state index contributed by atoms with van der Waals surface area (Å²) in [5, 5.41) is 8.94. The molecule has 0 aliphatic heterocycles. The van der Waals surface area contributed by atoms with Crippen LogP contribution in [-0.4, -0.2) is 4.83 Å². The lowest BCUT2D eigenvalue weighted by Crippen LogP contribution is -2.23. The minimum Gasteiger partial charge on any atom is -0.198 e. The van der Waals surface area contributed by atoms with Gasteiger partial charge in [0.05, 0.1) is 12.0 Å². The van der Waals surface area contributed by atoms with Crippen molar-refractivity contribution < 1.29 is 0 Å². The molecule has 3 atom stereocenters. The Labute approximate surface area is 83.3 Å². The Kier molecular flexibility index (Phi) is 4.08. The molecule has 0 bridgehead atoms. The molecule has 0 amide bonds. The van der Waals surface area contributed by atoms with Gasteiger partial charge in [0.15, 0.2) is 0 Å². The molecule has 0 radical (unpaired) electrons. The first-order valence-corrected chi connectivity index (χ1v) is 5.73. The van der Waals surface area contributed by atoms with Crippen molar-refractivity contribution in [1.82, 2.24) is 0 Å². The zero-order valence-corrected chi connectivity index (χ0v) is 9.18. The standard InChI is InChI=1S/C10H16BrN/c1-2-3-8-4-5-10(11)6-9(8)7-12/h8-10H,2-6H2,1H3. The van der Waals surface area contributed by atoms with Gasteiger partial charge in [0.2, 0.25) is 0 Å². The normalized spacial score (nSPS) is 35.9. The fourth-order valence-corrected chi connectivity index (χ4v) is 2.72. The van der Waals surface area contributed by atoms with E-state index in [1.54, 1.807) is 0 Å². The van der Waals surface area contributed by atoms with Gasteiger partial charge in [-0.15, -0.1) is 0 Å². The number of nitriles is 1. The molecule has 0 heterocycles. The molecule has 2 heteroatoms. The Morgan fingerprint density at radius 3 is 2.83 bits per heavy atom. The average Bonchev–Trinajstić information content (AvgIpc) is 2.08. The summed E-state index contributed by atoms with van der Waals surface area (Å²) in [6.45, 7) is 2.20. The third kappa shape index (κ3) is 2.48. The van der Waals surface area contributed by atoms with E-state index in [1.165, 1.54) is 25.7 Å². The second-order valence-corrected chi connectivity index (χ2v) is 4.99. The lowest BCUT2D eigenvalue weighted by Gasteiger charge is -2.29. The average molecular weight is 230 g/mol. The molecule has 1 nitrogen and oxygen atoms in total. The van der Waals surface area contributed by atoms with Crippen LogP contribution in [0.1, 0.15) is 39.0 Å². The minimum atomic E-state index is 0.308. The van der Waals surface area contributed by atoms with E-state index in [0.717, 1.165) is 6.42 Å². The van der Waals surface area contributed by atoms with Crippen molar-refractivity contribution in [3.8, 4) is 6.07 Å². The van der Waals surface area contributed by atoms with E-state index in [4.69, 9.17) is 5.26 Å². The van der Waals surface area contributed by atoms with Crippen molar-refractivity contribution in [2.45, 2.75) is 43.9 Å². The molecule has 1 saturated carbocycles. The molecule has 0 aromatic rings. The first-order valence-electron chi connectivity index (χ1n) is 4.81. The SMILES string of the molecule is CCCC1CCC(Br)CC1C#N. The zero-order chi connectivity index (χ0) is 8.97. The highest BCUT2D eigenvalue weighted by atomic mass is 79.9. The summed E-state index contributed by atoms with van der Waals surface area (Å²) in [4.78, 5) is 0.593. The maximum Gasteiger partial charge on any atom is 0.0659 e. The molecule has 1 fully saturated rings. The van der Waals surface area contributed by atoms with E-state index in [9.17, 15) is 0 Å². The van der Waals surface area contributed by atoms with Gasteiger partial charge in [0.1, 0.15) is 0 Å². The molecular formula is C10H16BrN. The fourth-order valence-electron chi connectivity index (χ4n) is 2.06. The molecule has 68 valence electrons. The van der Waals surface area contributed by atoms with Gasteiger partial charge in [-0.1, -0.05) is 29.3 Å². The van der Waals surface area contributed by atoms with Crippen LogP contribution in [0.3, 0.4) is 0 Å². The summed E-state index contributed by atoms with van der Waals surface area (Å²) in [5.41, 5.74) is 0. The third-order valence-corrected chi connectivity index (χ3v) is 3.59. The maximum absolute atomic E-state index is 8.94. The molecule has 3 unspecified atom stereocenters. The van der Waals surface area contributed by atoms with E-state index in [2.05, 4.69) is 28.9 Å². The highest BCUT2D eigenvalue weighted by molar-refractivity contribution is 9.09. The summed E-state index contributed by atoms with van der Waals surface area (Å²) in [6.07, 6.45) is 6.00. The Bertz CT molecular complexity index is 173. The van der Waals surface area contributed by atoms with Crippen molar-refractivity contribution in [2.75, 3.05) is 0 Å². The largest absolute Gasteiger partial charge is 0.198 e. The second kappa shape index (κ2) is 4.87. The third-order valence-electron chi connectivity index (χ3n) is 2.75. The van der Waals surface area contributed by atoms with Crippen LogP contribution in [0.5, 0.6) is 0 Å². The lowest BCUT2D eigenvalue weighted by atomic mass is 9.78. The molecule has 1 aliphatic rings. The van der Waals surface area contributed by atoms with Crippen LogP contribution in [0.4, 0.5) is 0 Å². The van der Waals surface area contributed by atoms with Gasteiger partial charge in [-0.05, 0) is 31.6 Å². The van der Waals surface area contributed by atoms with Crippen LogP contribution in [-0.2, 0) is 0 Å². The topological polar surface area (TPSA) is 23.8 Å². The van der Waals surface area contributed by atoms with Crippen molar-refractivity contribution in [3.63, 3.8) is 0 Å². The molecule has 1 rings (SSSR count). The van der Waals surface area contributed by atoms with Crippen LogP contribution in [0.2, 0.25) is 0 Å². The minimum absolute atomic E-state index is 0.308. The molecule has 12 heavy (non-hydrogen) atoms. The first kappa shape index (κ1) is 10.1. The van der Waals surface area contributed by atoms with E-state index in [1.807, 2.05) is 0 Å². The van der Waals surface area contributed by atoms with Crippen molar-refractivity contribution >= 4 is 15.9 Å². The van der Waals surface area contributed by atoms with Gasteiger partial charge in [-0.3, -0.25) is 0 Å². The lowest BCUT2D eigenvalue weighted by molar-refractivity contribution is 0.280. The number of nitrogens with zero attached hydrogens (tertiary/aromatic N) is 1. The Hall–Kier alpha value is -0.0300. The summed E-state index contributed by atoms with van der Waals surface area (Å²) >= 11 is 3.60. The van der Waals surface area contributed by atoms with E-state index in [0.29, 0.717) is 16.7 Å². The van der Waals surface area contributed by atoms with Crippen molar-refractivity contribution in [2.24, 2.45) is 11.8 Å². The second-order valence-electron chi connectivity index (χ2n) is 3.69. The monoisotopic (exact) mass is 229 g/mol. The number of hydrogen-bond acceptors (Lipinski definition) is 1. The molecular weight excluding hydrogens is 214 g/mol. The number of halogens is 1. The quantitative estimate of drug-likeness (QED) is 0.666. The van der Waals surface area contributed by atoms with Crippen molar-refractivity contribution in [3.05, 3.63) is 0 Å². The highest BCUT2D eigenvalue weighted by Crippen LogP contribution is 2.35. The van der Waals surface area contributed by atoms with Gasteiger partial charge < -0.3 is 0 Å². The molecule has 0 aromatic heterocycles. The van der Waals surface area contributed by atoms with Gasteiger partial charge in [0, 0.05) is 4.83 Å². The predicted octanol–water partition coefficient (Wildman–Crippen LogP) is 3.49. The Balaban J connectivity index is 2.46. The van der Waals surface area contributed by atoms with Gasteiger partial charge >= 0.3 is 0 Å². The fraction of sp³-hybridized carbons (Fsp3) is 0.900. The van der Waals surface area contributed by atoms with Crippen LogP contribution in [0.15, 0.2) is 0 Å². The predicted molar refractivity (Wildman–Crippen MR) is 54.1 cm³/mol. The van der Waals surface area contributed by atoms with Crippen LogP contribution in [0.25, 0.3) is 0 Å². The maximum atomic E-state index is 8.94. The summed E-state index contributed by atoms with van der Waals surface area (Å²) in [5.74, 6) is 0.983. The van der Waals surface area contributed by atoms with Gasteiger partial charge in [-0.2, -0.15) is 5.26 Å². The number of hydrogen-bond donors (Lipinski definition) is 0. The Morgan fingerprint density at radius 2 is 2.25 bits per heavy atom. The van der Waals surface area contributed by atoms with Crippen molar-refractivity contribution in [1.29, 1.82) is 5.26 Å². The van der Waals surface area contributed by atoms with E-state index < -0.39 is 0 Å². The highest BCUT2D eigenvalue weighted by Gasteiger charge is 2.28. The van der Waals surface area contributed by atoms with Gasteiger partial charge in [0.25, 0.3) is 0 Å². The van der Waals surface area contributed by atoms with Gasteiger partial charge in [-0.25, -0.2) is 0 Å². The van der Waals surface area contributed by atoms with Crippen LogP contribution < -0.4 is 0 Å². The van der Waals surface area contributed by atoms with Crippen LogP contribution >= 0.6 is 15.9 Å². The molecule has 0 N–H and O–H groups in total. The molecule has 0 saturated heterocycles. The summed E-state index contributed by atoms with van der Waals surface area (Å²) in [6, 6.07) is 2.44. The Morgan fingerprint density at radius 1 is 1.50 bits per heavy atom. The van der Waals surface area contributed by atoms with E-state index >= 15 is 0 Å². The summed E-state index contributed by atoms with van der Waals surface area (Å²) in [7, 11) is 0. The summed E-state index contributed by atoms with van der Waals surface area (Å²) < 4.78 is 0. The van der Waals surface area contributed by atoms with E-state index in [-0.39, 0.29) is 0 Å².